The number of aliphatic carboxylic acids is 3. The van der Waals surface area contributed by atoms with Crippen molar-refractivity contribution in [1.82, 2.24) is 0 Å². The predicted octanol–water partition coefficient (Wildman–Crippen LogP) is -4.70. The van der Waals surface area contributed by atoms with E-state index in [1.807, 2.05) is 0 Å². The van der Waals surface area contributed by atoms with Gasteiger partial charge in [-0.05, 0) is 0 Å². The second kappa shape index (κ2) is 14.0. The fourth-order valence-electron chi connectivity index (χ4n) is 0.714. The van der Waals surface area contributed by atoms with Gasteiger partial charge in [0, 0.05) is 0 Å². The van der Waals surface area contributed by atoms with Gasteiger partial charge in [0.1, 0.15) is 0 Å². The van der Waals surface area contributed by atoms with Crippen LogP contribution >= 0.6 is 0 Å². The summed E-state index contributed by atoms with van der Waals surface area (Å²) in [4.78, 5) is 30.5. The molecule has 110 valence electrons. The number of carbonyl (C=O) groups is 3. The zero-order valence-corrected chi connectivity index (χ0v) is 10.5. The molecule has 0 atom stereocenters. The summed E-state index contributed by atoms with van der Waals surface area (Å²) in [6.07, 6.45) is -2.29. The number of aliphatic hydroxyl groups is 1. The minimum Gasteiger partial charge on any atom is -1.00 e. The Morgan fingerprint density at radius 2 is 1.06 bits per heavy atom. The maximum Gasteiger partial charge on any atom is 2.00 e. The Kier molecular flexibility index (Phi) is 28.1. The quantitative estimate of drug-likeness (QED) is 0.359. The molecule has 0 aliphatic heterocycles. The summed E-state index contributed by atoms with van der Waals surface area (Å²) in [7, 11) is 0. The second-order valence-corrected chi connectivity index (χ2v) is 2.48. The Bertz CT molecular complexity index is 245. The molecule has 0 rings (SSSR count). The van der Waals surface area contributed by atoms with E-state index in [0.29, 0.717) is 0 Å². The molecule has 0 fully saturated rings. The van der Waals surface area contributed by atoms with E-state index in [-0.39, 0.29) is 47.8 Å². The zero-order chi connectivity index (χ0) is 10.6. The van der Waals surface area contributed by atoms with Gasteiger partial charge in [-0.1, -0.05) is 0 Å². The minimum absolute atomic E-state index is 0. The Labute approximate surface area is 119 Å². The maximum atomic E-state index is 10.3. The van der Waals surface area contributed by atoms with Crippen LogP contribution in [0.1, 0.15) is 15.7 Å². The molecule has 0 unspecified atom stereocenters. The minimum atomic E-state index is -2.74. The summed E-state index contributed by atoms with van der Waals surface area (Å²) in [6, 6.07) is 0. The molecule has 0 aliphatic carbocycles. The van der Waals surface area contributed by atoms with Gasteiger partial charge in [0.05, 0.1) is 12.8 Å². The van der Waals surface area contributed by atoms with Crippen molar-refractivity contribution in [2.75, 3.05) is 0 Å². The van der Waals surface area contributed by atoms with Crippen molar-refractivity contribution in [2.24, 2.45) is 0 Å². The van der Waals surface area contributed by atoms with Gasteiger partial charge in [-0.25, -0.2) is 4.79 Å². The smallest absolute Gasteiger partial charge is 1.00 e. The fourth-order valence-corrected chi connectivity index (χ4v) is 0.714. The third-order valence-corrected chi connectivity index (χ3v) is 1.29. The van der Waals surface area contributed by atoms with Crippen LogP contribution in [0.3, 0.4) is 0 Å². The summed E-state index contributed by atoms with van der Waals surface area (Å²) in [5.74, 6) is -5.02. The molecule has 0 bridgehead atoms. The van der Waals surface area contributed by atoms with E-state index in [2.05, 4.69) is 0 Å². The zero-order valence-electron chi connectivity index (χ0n) is 11.1. The largest absolute Gasteiger partial charge is 2.00 e. The summed E-state index contributed by atoms with van der Waals surface area (Å²) < 4.78 is 0. The average Bonchev–Trinajstić information content (AvgIpc) is 1.82. The van der Waals surface area contributed by atoms with Crippen LogP contribution in [0.2, 0.25) is 0 Å². The number of carboxylic acids is 3. The van der Waals surface area contributed by atoms with Crippen molar-refractivity contribution in [2.45, 2.75) is 18.4 Å². The molecule has 0 saturated heterocycles. The van der Waals surface area contributed by atoms with E-state index in [1.54, 1.807) is 0 Å². The van der Waals surface area contributed by atoms with Crippen LogP contribution in [-0.4, -0.2) is 88.9 Å². The van der Waals surface area contributed by atoms with Gasteiger partial charge < -0.3 is 45.2 Å². The van der Waals surface area contributed by atoms with E-state index in [4.69, 9.17) is 20.4 Å². The van der Waals surface area contributed by atoms with Gasteiger partial charge in [-0.2, -0.15) is 0 Å². The van der Waals surface area contributed by atoms with E-state index < -0.39 is 36.4 Å². The van der Waals surface area contributed by atoms with Crippen LogP contribution in [0.4, 0.5) is 0 Å². The first-order chi connectivity index (χ1) is 5.78. The molecule has 18 heavy (non-hydrogen) atoms. The Morgan fingerprint density at radius 1 is 0.833 bits per heavy atom. The van der Waals surface area contributed by atoms with E-state index in [1.165, 1.54) is 0 Å². The van der Waals surface area contributed by atoms with Crippen LogP contribution in [-0.2, 0) is 14.4 Å². The normalized spacial score (nSPS) is 7.83. The van der Waals surface area contributed by atoms with Crippen molar-refractivity contribution in [1.29, 1.82) is 0 Å². The number of rotatable bonds is 5. The number of hydrogen-bond donors (Lipinski definition) is 4. The van der Waals surface area contributed by atoms with Crippen LogP contribution in [0, 0.1) is 0 Å². The van der Waals surface area contributed by atoms with Gasteiger partial charge in [0.15, 0.2) is 5.60 Å². The predicted molar refractivity (Wildman–Crippen MR) is 59.5 cm³/mol. The molecule has 0 radical (unpaired) electrons. The summed E-state index contributed by atoms with van der Waals surface area (Å²) >= 11 is 0. The van der Waals surface area contributed by atoms with Crippen molar-refractivity contribution >= 4 is 41.0 Å². The van der Waals surface area contributed by atoms with Gasteiger partial charge in [0.25, 0.3) is 0 Å². The molecule has 0 aromatic rings. The third kappa shape index (κ3) is 13.0. The Hall–Kier alpha value is -1.02. The molecular formula is C6H18MgO11. The molecule has 0 spiro atoms. The van der Waals surface area contributed by atoms with E-state index in [0.717, 1.165) is 0 Å². The first kappa shape index (κ1) is 36.0. The standard InChI is InChI=1S/C6H8O7.Mg.4H2O.2H/c7-3(8)1-6(13,5(11)12)2-4(9)10;;;;;;;/h13H,1-2H2,(H,7,8)(H,9,10)(H,11,12);;4*1H2;;/q;+2;;;;;2*-1. The van der Waals surface area contributed by atoms with Gasteiger partial charge >= 0.3 is 41.0 Å². The van der Waals surface area contributed by atoms with Gasteiger partial charge in [-0.15, -0.1) is 0 Å². The van der Waals surface area contributed by atoms with E-state index in [9.17, 15) is 14.4 Å². The number of carboxylic acid groups (broad SMARTS) is 3. The fraction of sp³-hybridized carbons (Fsp3) is 0.500. The molecule has 0 aliphatic rings. The SMILES string of the molecule is O.O.O.O.O=C(O)CC(O)(CC(=O)O)C(=O)O.[H-].[H-].[Mg+2]. The first-order valence-corrected chi connectivity index (χ1v) is 3.17. The first-order valence-electron chi connectivity index (χ1n) is 3.17. The van der Waals surface area contributed by atoms with Crippen LogP contribution in [0.5, 0.6) is 0 Å². The van der Waals surface area contributed by atoms with Crippen LogP contribution in [0.15, 0.2) is 0 Å². The molecule has 0 saturated carbocycles. The molecular weight excluding hydrogens is 272 g/mol. The Balaban J connectivity index is -0.0000000343. The molecule has 0 aromatic carbocycles. The summed E-state index contributed by atoms with van der Waals surface area (Å²) in [6.45, 7) is 0. The maximum absolute atomic E-state index is 10.3. The van der Waals surface area contributed by atoms with Crippen LogP contribution < -0.4 is 0 Å². The van der Waals surface area contributed by atoms with Crippen LogP contribution in [0.25, 0.3) is 0 Å². The van der Waals surface area contributed by atoms with Gasteiger partial charge in [-0.3, -0.25) is 9.59 Å². The van der Waals surface area contributed by atoms with E-state index >= 15 is 0 Å². The second-order valence-electron chi connectivity index (χ2n) is 2.48. The van der Waals surface area contributed by atoms with Gasteiger partial charge in [0.2, 0.25) is 0 Å². The monoisotopic (exact) mass is 290 g/mol. The Morgan fingerprint density at radius 3 is 1.17 bits per heavy atom. The summed E-state index contributed by atoms with van der Waals surface area (Å²) in [5.41, 5.74) is -2.74. The molecule has 0 amide bonds. The third-order valence-electron chi connectivity index (χ3n) is 1.29. The average molecular weight is 291 g/mol. The molecule has 12 N–H and O–H groups in total. The van der Waals surface area contributed by atoms with Crippen molar-refractivity contribution in [3.63, 3.8) is 0 Å². The number of hydrogen-bond acceptors (Lipinski definition) is 4. The van der Waals surface area contributed by atoms with Crippen molar-refractivity contribution < 1.29 is 59.6 Å². The molecule has 0 aromatic heterocycles. The van der Waals surface area contributed by atoms with Crippen molar-refractivity contribution in [3.8, 4) is 0 Å². The topological polar surface area (TPSA) is 258 Å². The summed E-state index contributed by atoms with van der Waals surface area (Å²) in [5, 5.41) is 33.8. The molecule has 0 heterocycles. The molecule has 11 nitrogen and oxygen atoms in total. The molecule has 12 heteroatoms. The van der Waals surface area contributed by atoms with Crippen molar-refractivity contribution in [3.05, 3.63) is 0 Å².